The van der Waals surface area contributed by atoms with Crippen LogP contribution in [0.3, 0.4) is 0 Å². The summed E-state index contributed by atoms with van der Waals surface area (Å²) in [5.41, 5.74) is 2.85. The highest BCUT2D eigenvalue weighted by Gasteiger charge is 2.22. The molecule has 1 saturated heterocycles. The van der Waals surface area contributed by atoms with E-state index in [1.54, 1.807) is 11.3 Å². The number of nitrogens with zero attached hydrogens (tertiary/aromatic N) is 3. The van der Waals surface area contributed by atoms with Crippen molar-refractivity contribution in [2.45, 2.75) is 39.2 Å². The smallest absolute Gasteiger partial charge is 0.131 e. The summed E-state index contributed by atoms with van der Waals surface area (Å²) in [7, 11) is 0. The van der Waals surface area contributed by atoms with Crippen molar-refractivity contribution in [1.82, 2.24) is 15.1 Å². The Kier molecular flexibility index (Phi) is 4.13. The van der Waals surface area contributed by atoms with Crippen LogP contribution in [-0.2, 0) is 6.54 Å². The molecule has 1 atom stereocenters. The third-order valence-corrected chi connectivity index (χ3v) is 4.77. The predicted octanol–water partition coefficient (Wildman–Crippen LogP) is 3.53. The van der Waals surface area contributed by atoms with Crippen LogP contribution in [0.25, 0.3) is 0 Å². The van der Waals surface area contributed by atoms with Crippen molar-refractivity contribution in [2.24, 2.45) is 0 Å². The molecule has 2 heterocycles. The van der Waals surface area contributed by atoms with Gasteiger partial charge in [-0.25, -0.2) is 0 Å². The second-order valence-corrected chi connectivity index (χ2v) is 6.97. The minimum absolute atomic E-state index is 0.665. The van der Waals surface area contributed by atoms with E-state index >= 15 is 0 Å². The van der Waals surface area contributed by atoms with Gasteiger partial charge in [-0.15, -0.1) is 21.5 Å². The fourth-order valence-corrected chi connectivity index (χ4v) is 3.74. The fourth-order valence-electron chi connectivity index (χ4n) is 2.99. The quantitative estimate of drug-likeness (QED) is 0.864. The highest BCUT2D eigenvalue weighted by atomic mass is 32.1. The van der Waals surface area contributed by atoms with Crippen molar-refractivity contribution in [3.05, 3.63) is 45.4 Å². The molecule has 20 heavy (non-hydrogen) atoms. The molecule has 1 fully saturated rings. The average Bonchev–Trinajstić information content (AvgIpc) is 2.84. The van der Waals surface area contributed by atoms with E-state index in [-0.39, 0.29) is 0 Å². The van der Waals surface area contributed by atoms with Gasteiger partial charge in [0.15, 0.2) is 0 Å². The molecule has 0 aliphatic carbocycles. The van der Waals surface area contributed by atoms with E-state index in [2.05, 4.69) is 46.3 Å². The second-order valence-electron chi connectivity index (χ2n) is 5.70. The molecule has 0 N–H and O–H groups in total. The van der Waals surface area contributed by atoms with Crippen LogP contribution in [0.15, 0.2) is 24.3 Å². The van der Waals surface area contributed by atoms with E-state index in [9.17, 15) is 0 Å². The molecule has 2 aromatic rings. The van der Waals surface area contributed by atoms with Crippen LogP contribution in [0, 0.1) is 13.8 Å². The van der Waals surface area contributed by atoms with Crippen LogP contribution in [0.4, 0.5) is 0 Å². The zero-order chi connectivity index (χ0) is 13.9. The van der Waals surface area contributed by atoms with Gasteiger partial charge in [-0.1, -0.05) is 29.8 Å². The summed E-state index contributed by atoms with van der Waals surface area (Å²) in [4.78, 5) is 2.52. The molecule has 0 spiro atoms. The maximum Gasteiger partial charge on any atom is 0.131 e. The van der Waals surface area contributed by atoms with Crippen molar-refractivity contribution >= 4 is 11.3 Å². The normalized spacial score (nSPS) is 20.2. The number of hydrogen-bond donors (Lipinski definition) is 0. The van der Waals surface area contributed by atoms with Gasteiger partial charge in [-0.3, -0.25) is 4.90 Å². The number of aryl methyl sites for hydroxylation is 2. The van der Waals surface area contributed by atoms with Gasteiger partial charge < -0.3 is 0 Å². The molecule has 3 nitrogen and oxygen atoms in total. The Hall–Kier alpha value is -1.26. The molecule has 3 rings (SSSR count). The maximum absolute atomic E-state index is 4.25. The Morgan fingerprint density at radius 2 is 2.20 bits per heavy atom. The third kappa shape index (κ3) is 3.25. The van der Waals surface area contributed by atoms with Crippen LogP contribution < -0.4 is 0 Å². The summed E-state index contributed by atoms with van der Waals surface area (Å²) < 4.78 is 0. The molecule has 0 radical (unpaired) electrons. The molecule has 1 aliphatic rings. The molecular weight excluding hydrogens is 266 g/mol. The van der Waals surface area contributed by atoms with E-state index in [1.807, 2.05) is 6.92 Å². The van der Waals surface area contributed by atoms with Crippen molar-refractivity contribution in [3.63, 3.8) is 0 Å². The molecule has 4 heteroatoms. The summed E-state index contributed by atoms with van der Waals surface area (Å²) in [5, 5.41) is 10.6. The maximum atomic E-state index is 4.25. The van der Waals surface area contributed by atoms with Crippen molar-refractivity contribution in [2.75, 3.05) is 13.1 Å². The van der Waals surface area contributed by atoms with Gasteiger partial charge in [-0.05, 0) is 44.7 Å². The van der Waals surface area contributed by atoms with E-state index in [0.29, 0.717) is 5.92 Å². The number of rotatable bonds is 3. The molecule has 0 amide bonds. The Bertz CT molecular complexity index is 579. The minimum Gasteiger partial charge on any atom is -0.296 e. The lowest BCUT2D eigenvalue weighted by atomic mass is 9.90. The lowest BCUT2D eigenvalue weighted by Crippen LogP contribution is -2.33. The zero-order valence-corrected chi connectivity index (χ0v) is 13.0. The van der Waals surface area contributed by atoms with Crippen LogP contribution in [0.1, 0.15) is 39.9 Å². The number of aromatic nitrogens is 2. The van der Waals surface area contributed by atoms with Crippen LogP contribution >= 0.6 is 11.3 Å². The van der Waals surface area contributed by atoms with Gasteiger partial charge in [0.25, 0.3) is 0 Å². The Morgan fingerprint density at radius 1 is 1.30 bits per heavy atom. The second kappa shape index (κ2) is 6.02. The largest absolute Gasteiger partial charge is 0.296 e. The SMILES string of the molecule is Cc1cccc(C2CCCN(Cc3nnc(C)s3)C2)c1. The van der Waals surface area contributed by atoms with Crippen molar-refractivity contribution in [1.29, 1.82) is 0 Å². The third-order valence-electron chi connectivity index (χ3n) is 3.95. The molecule has 1 aromatic carbocycles. The number of piperidine rings is 1. The van der Waals surface area contributed by atoms with Gasteiger partial charge in [0.05, 0.1) is 6.54 Å². The summed E-state index contributed by atoms with van der Waals surface area (Å²) in [5.74, 6) is 0.665. The minimum atomic E-state index is 0.665. The zero-order valence-electron chi connectivity index (χ0n) is 12.2. The first kappa shape index (κ1) is 13.7. The first-order chi connectivity index (χ1) is 9.70. The van der Waals surface area contributed by atoms with E-state index in [0.717, 1.165) is 23.1 Å². The summed E-state index contributed by atoms with van der Waals surface area (Å²) in [6.07, 6.45) is 2.57. The average molecular weight is 287 g/mol. The van der Waals surface area contributed by atoms with Gasteiger partial charge in [0.2, 0.25) is 0 Å². The highest BCUT2D eigenvalue weighted by Crippen LogP contribution is 2.28. The molecule has 1 aliphatic heterocycles. The predicted molar refractivity (Wildman–Crippen MR) is 83.1 cm³/mol. The number of benzene rings is 1. The summed E-state index contributed by atoms with van der Waals surface area (Å²) in [6, 6.07) is 8.96. The summed E-state index contributed by atoms with van der Waals surface area (Å²) >= 11 is 1.72. The van der Waals surface area contributed by atoms with E-state index in [4.69, 9.17) is 0 Å². The fraction of sp³-hybridized carbons (Fsp3) is 0.500. The first-order valence-corrected chi connectivity index (χ1v) is 8.10. The van der Waals surface area contributed by atoms with Crippen LogP contribution in [0.2, 0.25) is 0 Å². The van der Waals surface area contributed by atoms with E-state index in [1.165, 1.54) is 30.5 Å². The Morgan fingerprint density at radius 3 is 2.95 bits per heavy atom. The lowest BCUT2D eigenvalue weighted by Gasteiger charge is -2.32. The first-order valence-electron chi connectivity index (χ1n) is 7.28. The standard InChI is InChI=1S/C16H21N3S/c1-12-5-3-6-14(9-12)15-7-4-8-19(10-15)11-16-18-17-13(2)20-16/h3,5-6,9,15H,4,7-8,10-11H2,1-2H3. The molecule has 0 saturated carbocycles. The molecule has 106 valence electrons. The number of likely N-dealkylation sites (tertiary alicyclic amines) is 1. The van der Waals surface area contributed by atoms with Crippen molar-refractivity contribution in [3.8, 4) is 0 Å². The topological polar surface area (TPSA) is 29.0 Å². The van der Waals surface area contributed by atoms with Gasteiger partial charge >= 0.3 is 0 Å². The molecular formula is C16H21N3S. The monoisotopic (exact) mass is 287 g/mol. The highest BCUT2D eigenvalue weighted by molar-refractivity contribution is 7.11. The van der Waals surface area contributed by atoms with Gasteiger partial charge in [0.1, 0.15) is 10.0 Å². The van der Waals surface area contributed by atoms with Gasteiger partial charge in [0, 0.05) is 6.54 Å². The summed E-state index contributed by atoms with van der Waals surface area (Å²) in [6.45, 7) is 7.47. The van der Waals surface area contributed by atoms with E-state index < -0.39 is 0 Å². The van der Waals surface area contributed by atoms with Gasteiger partial charge in [-0.2, -0.15) is 0 Å². The molecule has 1 unspecified atom stereocenters. The van der Waals surface area contributed by atoms with Crippen molar-refractivity contribution < 1.29 is 0 Å². The molecule has 1 aromatic heterocycles. The van der Waals surface area contributed by atoms with Crippen LogP contribution in [-0.4, -0.2) is 28.2 Å². The Balaban J connectivity index is 1.67. The lowest BCUT2D eigenvalue weighted by molar-refractivity contribution is 0.199. The van der Waals surface area contributed by atoms with Crippen LogP contribution in [0.5, 0.6) is 0 Å². The molecule has 0 bridgehead atoms. The number of hydrogen-bond acceptors (Lipinski definition) is 4. The Labute approximate surface area is 124 Å².